The lowest BCUT2D eigenvalue weighted by Gasteiger charge is -2.36. The number of rotatable bonds is 4. The molecule has 0 spiro atoms. The van der Waals surface area contributed by atoms with E-state index in [1.54, 1.807) is 0 Å². The average molecular weight is 308 g/mol. The van der Waals surface area contributed by atoms with Crippen molar-refractivity contribution in [2.45, 2.75) is 52.5 Å². The smallest absolute Gasteiger partial charge is 0.0427 e. The molecule has 0 amide bonds. The Morgan fingerprint density at radius 3 is 2.39 bits per heavy atom. The maximum Gasteiger partial charge on any atom is 0.0427 e. The Kier molecular flexibility index (Phi) is 4.09. The molecule has 2 nitrogen and oxygen atoms in total. The number of anilines is 3. The van der Waals surface area contributed by atoms with Crippen molar-refractivity contribution in [2.24, 2.45) is 5.92 Å². The summed E-state index contributed by atoms with van der Waals surface area (Å²) >= 11 is 0. The summed E-state index contributed by atoms with van der Waals surface area (Å²) in [6, 6.07) is 15.8. The first-order valence-electron chi connectivity index (χ1n) is 8.65. The first kappa shape index (κ1) is 15.9. The van der Waals surface area contributed by atoms with Crippen molar-refractivity contribution in [1.82, 2.24) is 0 Å². The van der Waals surface area contributed by atoms with Crippen molar-refractivity contribution < 1.29 is 0 Å². The van der Waals surface area contributed by atoms with Crippen molar-refractivity contribution in [2.75, 3.05) is 10.6 Å². The number of fused-ring (bicyclic) bond motifs is 2. The lowest BCUT2D eigenvalue weighted by Crippen LogP contribution is -2.26. The highest BCUT2D eigenvalue weighted by Crippen LogP contribution is 2.45. The van der Waals surface area contributed by atoms with E-state index in [9.17, 15) is 0 Å². The zero-order chi connectivity index (χ0) is 16.6. The van der Waals surface area contributed by atoms with Gasteiger partial charge in [-0.2, -0.15) is 0 Å². The molecular formula is C21H28N2. The minimum Gasteiger partial charge on any atom is -0.383 e. The summed E-state index contributed by atoms with van der Waals surface area (Å²) in [6.45, 7) is 11.4. The summed E-state index contributed by atoms with van der Waals surface area (Å²) < 4.78 is 0. The summed E-state index contributed by atoms with van der Waals surface area (Å²) in [5, 5.41) is 7.24. The molecule has 2 aromatic rings. The fourth-order valence-corrected chi connectivity index (χ4v) is 3.74. The molecule has 2 aromatic carbocycles. The van der Waals surface area contributed by atoms with Gasteiger partial charge in [0.05, 0.1) is 0 Å². The van der Waals surface area contributed by atoms with Gasteiger partial charge in [0.2, 0.25) is 0 Å². The minimum atomic E-state index is 0.0101. The van der Waals surface area contributed by atoms with Crippen molar-refractivity contribution in [3.63, 3.8) is 0 Å². The number of hydrogen-bond acceptors (Lipinski definition) is 2. The van der Waals surface area contributed by atoms with Crippen molar-refractivity contribution >= 4 is 17.1 Å². The second-order valence-corrected chi connectivity index (χ2v) is 7.73. The first-order chi connectivity index (χ1) is 10.9. The maximum atomic E-state index is 3.66. The monoisotopic (exact) mass is 308 g/mol. The van der Waals surface area contributed by atoms with Gasteiger partial charge in [-0.25, -0.2) is 0 Å². The highest BCUT2D eigenvalue weighted by atomic mass is 14.9. The van der Waals surface area contributed by atoms with Gasteiger partial charge in [0.25, 0.3) is 0 Å². The molecule has 1 aliphatic rings. The molecule has 3 rings (SSSR count). The fraction of sp³-hybridized carbons (Fsp3) is 0.429. The van der Waals surface area contributed by atoms with Crippen LogP contribution in [0.1, 0.15) is 52.2 Å². The Morgan fingerprint density at radius 2 is 1.65 bits per heavy atom. The second-order valence-electron chi connectivity index (χ2n) is 7.73. The van der Waals surface area contributed by atoms with Gasteiger partial charge in [-0.05, 0) is 54.7 Å². The molecular weight excluding hydrogens is 280 g/mol. The van der Waals surface area contributed by atoms with Gasteiger partial charge in [-0.1, -0.05) is 45.9 Å². The number of benzene rings is 2. The fourth-order valence-electron chi connectivity index (χ4n) is 3.74. The topological polar surface area (TPSA) is 24.1 Å². The predicted octanol–water partition coefficient (Wildman–Crippen LogP) is 5.92. The van der Waals surface area contributed by atoms with Crippen LogP contribution in [0.5, 0.6) is 0 Å². The van der Waals surface area contributed by atoms with Gasteiger partial charge in [0.1, 0.15) is 0 Å². The van der Waals surface area contributed by atoms with Crippen molar-refractivity contribution in [3.8, 4) is 0 Å². The Bertz CT molecular complexity index is 701. The summed E-state index contributed by atoms with van der Waals surface area (Å²) in [5.41, 5.74) is 6.38. The Balaban J connectivity index is 1.92. The Hall–Kier alpha value is -1.96. The number of hydrogen-bond donors (Lipinski definition) is 2. The van der Waals surface area contributed by atoms with E-state index < -0.39 is 0 Å². The van der Waals surface area contributed by atoms with Gasteiger partial charge < -0.3 is 10.6 Å². The Labute approximate surface area is 140 Å². The summed E-state index contributed by atoms with van der Waals surface area (Å²) in [5.74, 6) is 0.708. The van der Waals surface area contributed by atoms with Crippen LogP contribution in [0.25, 0.3) is 0 Å². The van der Waals surface area contributed by atoms with Crippen LogP contribution in [0.3, 0.4) is 0 Å². The molecule has 1 aliphatic heterocycles. The lowest BCUT2D eigenvalue weighted by atomic mass is 9.74. The van der Waals surface area contributed by atoms with Gasteiger partial charge in [0, 0.05) is 28.5 Å². The van der Waals surface area contributed by atoms with Crippen LogP contribution in [0.15, 0.2) is 42.5 Å². The lowest BCUT2D eigenvalue weighted by molar-refractivity contribution is 0.539. The SMILES string of the molecule is CC(C)CC(C)Nc1ccc2c(c1)C(C)(C)c1ccccc1N2. The van der Waals surface area contributed by atoms with Crippen molar-refractivity contribution in [1.29, 1.82) is 0 Å². The summed E-state index contributed by atoms with van der Waals surface area (Å²) in [7, 11) is 0. The van der Waals surface area contributed by atoms with Crippen LogP contribution in [-0.4, -0.2) is 6.04 Å². The van der Waals surface area contributed by atoms with Gasteiger partial charge >= 0.3 is 0 Å². The van der Waals surface area contributed by atoms with Gasteiger partial charge in [0.15, 0.2) is 0 Å². The van der Waals surface area contributed by atoms with Crippen LogP contribution in [0.4, 0.5) is 17.1 Å². The summed E-state index contributed by atoms with van der Waals surface area (Å²) in [4.78, 5) is 0. The van der Waals surface area contributed by atoms with E-state index in [1.165, 1.54) is 34.6 Å². The van der Waals surface area contributed by atoms with Crippen LogP contribution in [-0.2, 0) is 5.41 Å². The van der Waals surface area contributed by atoms with Crippen LogP contribution in [0, 0.1) is 5.92 Å². The maximum absolute atomic E-state index is 3.66. The normalized spacial score (nSPS) is 16.3. The van der Waals surface area contributed by atoms with Gasteiger partial charge in [-0.15, -0.1) is 0 Å². The van der Waals surface area contributed by atoms with E-state index in [2.05, 4.69) is 87.7 Å². The third-order valence-corrected chi connectivity index (χ3v) is 4.80. The third-order valence-electron chi connectivity index (χ3n) is 4.80. The zero-order valence-corrected chi connectivity index (χ0v) is 14.9. The highest BCUT2D eigenvalue weighted by molar-refractivity contribution is 5.77. The third kappa shape index (κ3) is 3.08. The molecule has 2 heteroatoms. The minimum absolute atomic E-state index is 0.0101. The first-order valence-corrected chi connectivity index (χ1v) is 8.65. The van der Waals surface area contributed by atoms with E-state index in [-0.39, 0.29) is 5.41 Å². The van der Waals surface area contributed by atoms with E-state index in [4.69, 9.17) is 0 Å². The predicted molar refractivity (Wildman–Crippen MR) is 101 cm³/mol. The van der Waals surface area contributed by atoms with Crippen LogP contribution < -0.4 is 10.6 Å². The molecule has 0 aromatic heterocycles. The largest absolute Gasteiger partial charge is 0.383 e. The molecule has 1 heterocycles. The van der Waals surface area contributed by atoms with Gasteiger partial charge in [-0.3, -0.25) is 0 Å². The Morgan fingerprint density at radius 1 is 0.957 bits per heavy atom. The molecule has 0 aliphatic carbocycles. The van der Waals surface area contributed by atoms with Crippen LogP contribution in [0.2, 0.25) is 0 Å². The molecule has 0 radical (unpaired) electrons. The number of nitrogens with one attached hydrogen (secondary N) is 2. The second kappa shape index (κ2) is 5.92. The quantitative estimate of drug-likeness (QED) is 0.733. The standard InChI is InChI=1S/C21H28N2/c1-14(2)12-15(3)22-16-10-11-20-18(13-16)21(4,5)17-8-6-7-9-19(17)23-20/h6-11,13-15,22-23H,12H2,1-5H3. The summed E-state index contributed by atoms with van der Waals surface area (Å²) in [6.07, 6.45) is 1.18. The molecule has 122 valence electrons. The molecule has 1 unspecified atom stereocenters. The molecule has 0 saturated carbocycles. The molecule has 23 heavy (non-hydrogen) atoms. The van der Waals surface area contributed by atoms with Crippen LogP contribution >= 0.6 is 0 Å². The van der Waals surface area contributed by atoms with E-state index >= 15 is 0 Å². The molecule has 2 N–H and O–H groups in total. The number of para-hydroxylation sites is 1. The van der Waals surface area contributed by atoms with Crippen molar-refractivity contribution in [3.05, 3.63) is 53.6 Å². The average Bonchev–Trinajstić information content (AvgIpc) is 2.47. The molecule has 0 fully saturated rings. The zero-order valence-electron chi connectivity index (χ0n) is 14.9. The molecule has 1 atom stereocenters. The van der Waals surface area contributed by atoms with E-state index in [0.717, 1.165) is 0 Å². The van der Waals surface area contributed by atoms with E-state index in [1.807, 2.05) is 0 Å². The highest BCUT2D eigenvalue weighted by Gasteiger charge is 2.32. The van der Waals surface area contributed by atoms with E-state index in [0.29, 0.717) is 12.0 Å². The molecule has 0 saturated heterocycles. The molecule has 0 bridgehead atoms.